The largest absolute Gasteiger partial charge is 0.496 e. The van der Waals surface area contributed by atoms with E-state index in [1.54, 1.807) is 7.11 Å². The number of rotatable bonds is 4. The Morgan fingerprint density at radius 2 is 2.13 bits per heavy atom. The highest BCUT2D eigenvalue weighted by Crippen LogP contribution is 2.50. The van der Waals surface area contributed by atoms with Crippen molar-refractivity contribution in [3.8, 4) is 5.75 Å². The lowest BCUT2D eigenvalue weighted by Gasteiger charge is -2.18. The molecule has 3 heteroatoms. The van der Waals surface area contributed by atoms with Crippen molar-refractivity contribution in [2.24, 2.45) is 5.90 Å². The summed E-state index contributed by atoms with van der Waals surface area (Å²) in [6.45, 7) is 2.69. The van der Waals surface area contributed by atoms with Gasteiger partial charge in [-0.15, -0.1) is 0 Å². The van der Waals surface area contributed by atoms with E-state index in [9.17, 15) is 0 Å². The van der Waals surface area contributed by atoms with E-state index in [1.807, 2.05) is 12.1 Å². The molecule has 3 nitrogen and oxygen atoms in total. The maximum absolute atomic E-state index is 5.31. The first-order chi connectivity index (χ1) is 7.23. The Labute approximate surface area is 90.1 Å². The molecule has 0 aromatic heterocycles. The Balaban J connectivity index is 2.36. The fourth-order valence-electron chi connectivity index (χ4n) is 2.21. The van der Waals surface area contributed by atoms with Crippen molar-refractivity contribution < 1.29 is 9.57 Å². The highest BCUT2D eigenvalue weighted by molar-refractivity contribution is 5.45. The number of nitrogens with two attached hydrogens (primary N) is 1. The molecule has 0 spiro atoms. The van der Waals surface area contributed by atoms with E-state index < -0.39 is 0 Å². The summed E-state index contributed by atoms with van der Waals surface area (Å²) in [5, 5.41) is 0. The fourth-order valence-corrected chi connectivity index (χ4v) is 2.21. The SMILES string of the molecule is COc1cccc(C2(CON)CC2)c1C. The monoisotopic (exact) mass is 207 g/mol. The number of hydrogen-bond acceptors (Lipinski definition) is 3. The summed E-state index contributed by atoms with van der Waals surface area (Å²) in [4.78, 5) is 4.81. The molecule has 1 fully saturated rings. The van der Waals surface area contributed by atoms with E-state index >= 15 is 0 Å². The minimum absolute atomic E-state index is 0.146. The van der Waals surface area contributed by atoms with E-state index in [1.165, 1.54) is 11.1 Å². The molecule has 2 rings (SSSR count). The molecule has 0 bridgehead atoms. The summed E-state index contributed by atoms with van der Waals surface area (Å²) in [7, 11) is 1.70. The second kappa shape index (κ2) is 3.83. The lowest BCUT2D eigenvalue weighted by atomic mass is 9.92. The molecule has 0 atom stereocenters. The van der Waals surface area contributed by atoms with Gasteiger partial charge in [-0.1, -0.05) is 12.1 Å². The quantitative estimate of drug-likeness (QED) is 0.767. The van der Waals surface area contributed by atoms with Gasteiger partial charge in [-0.05, 0) is 37.0 Å². The van der Waals surface area contributed by atoms with Gasteiger partial charge in [0.15, 0.2) is 0 Å². The minimum atomic E-state index is 0.146. The fraction of sp³-hybridized carbons (Fsp3) is 0.500. The first kappa shape index (κ1) is 10.5. The third-order valence-corrected chi connectivity index (χ3v) is 3.29. The van der Waals surface area contributed by atoms with Crippen molar-refractivity contribution in [2.45, 2.75) is 25.2 Å². The normalized spacial score (nSPS) is 17.5. The van der Waals surface area contributed by atoms with E-state index in [0.717, 1.165) is 18.6 Å². The molecule has 1 saturated carbocycles. The summed E-state index contributed by atoms with van der Waals surface area (Å²) >= 11 is 0. The van der Waals surface area contributed by atoms with Gasteiger partial charge in [0.25, 0.3) is 0 Å². The summed E-state index contributed by atoms with van der Waals surface area (Å²) < 4.78 is 5.31. The van der Waals surface area contributed by atoms with Crippen molar-refractivity contribution in [2.75, 3.05) is 13.7 Å². The van der Waals surface area contributed by atoms with Crippen LogP contribution in [-0.2, 0) is 10.3 Å². The van der Waals surface area contributed by atoms with Gasteiger partial charge < -0.3 is 9.57 Å². The van der Waals surface area contributed by atoms with Crippen molar-refractivity contribution >= 4 is 0 Å². The van der Waals surface area contributed by atoms with Crippen molar-refractivity contribution in [1.29, 1.82) is 0 Å². The molecular formula is C12H17NO2. The molecule has 0 radical (unpaired) electrons. The topological polar surface area (TPSA) is 44.5 Å². The third-order valence-electron chi connectivity index (χ3n) is 3.29. The molecule has 0 saturated heterocycles. The van der Waals surface area contributed by atoms with Gasteiger partial charge in [0.1, 0.15) is 5.75 Å². The predicted molar refractivity (Wildman–Crippen MR) is 58.8 cm³/mol. The van der Waals surface area contributed by atoms with E-state index in [2.05, 4.69) is 13.0 Å². The smallest absolute Gasteiger partial charge is 0.122 e. The van der Waals surface area contributed by atoms with Gasteiger partial charge in [0, 0.05) is 5.41 Å². The number of ether oxygens (including phenoxy) is 1. The molecule has 0 aliphatic heterocycles. The molecule has 15 heavy (non-hydrogen) atoms. The second-order valence-electron chi connectivity index (χ2n) is 4.22. The maximum atomic E-state index is 5.31. The van der Waals surface area contributed by atoms with Gasteiger partial charge >= 0.3 is 0 Å². The maximum Gasteiger partial charge on any atom is 0.122 e. The summed E-state index contributed by atoms with van der Waals surface area (Å²) in [5.41, 5.74) is 2.66. The van der Waals surface area contributed by atoms with Crippen molar-refractivity contribution in [1.82, 2.24) is 0 Å². The average molecular weight is 207 g/mol. The van der Waals surface area contributed by atoms with Gasteiger partial charge in [-0.2, -0.15) is 0 Å². The zero-order valence-electron chi connectivity index (χ0n) is 9.25. The Hall–Kier alpha value is -1.06. The first-order valence-corrected chi connectivity index (χ1v) is 5.19. The average Bonchev–Trinajstić information content (AvgIpc) is 3.00. The number of methoxy groups -OCH3 is 1. The van der Waals surface area contributed by atoms with Gasteiger partial charge in [-0.25, -0.2) is 5.90 Å². The molecule has 0 heterocycles. The lowest BCUT2D eigenvalue weighted by Crippen LogP contribution is -2.19. The molecule has 0 amide bonds. The highest BCUT2D eigenvalue weighted by atomic mass is 16.6. The van der Waals surface area contributed by atoms with Crippen LogP contribution in [0.3, 0.4) is 0 Å². The van der Waals surface area contributed by atoms with E-state index in [-0.39, 0.29) is 5.41 Å². The predicted octanol–water partition coefficient (Wildman–Crippen LogP) is 1.93. The van der Waals surface area contributed by atoms with Gasteiger partial charge in [0.2, 0.25) is 0 Å². The van der Waals surface area contributed by atoms with Crippen LogP contribution in [0.25, 0.3) is 0 Å². The van der Waals surface area contributed by atoms with Crippen LogP contribution in [0.15, 0.2) is 18.2 Å². The molecule has 2 N–H and O–H groups in total. The Kier molecular flexibility index (Phi) is 2.67. The molecule has 1 aliphatic carbocycles. The van der Waals surface area contributed by atoms with Crippen LogP contribution in [0.5, 0.6) is 5.75 Å². The molecule has 82 valence electrons. The summed E-state index contributed by atoms with van der Waals surface area (Å²) in [5.74, 6) is 6.12. The first-order valence-electron chi connectivity index (χ1n) is 5.19. The molecule has 1 aromatic rings. The molecule has 0 unspecified atom stereocenters. The summed E-state index contributed by atoms with van der Waals surface area (Å²) in [6.07, 6.45) is 2.30. The van der Waals surface area contributed by atoms with Gasteiger partial charge in [-0.3, -0.25) is 0 Å². The standard InChI is InChI=1S/C12H17NO2/c1-9-10(4-3-5-11(9)14-2)12(6-7-12)8-15-13/h3-5H,6-8,13H2,1-2H3. The van der Waals surface area contributed by atoms with Gasteiger partial charge in [0.05, 0.1) is 13.7 Å². The Morgan fingerprint density at radius 1 is 1.40 bits per heavy atom. The van der Waals surface area contributed by atoms with Crippen LogP contribution < -0.4 is 10.6 Å². The third kappa shape index (κ3) is 1.73. The molecule has 1 aliphatic rings. The number of hydrogen-bond donors (Lipinski definition) is 1. The van der Waals surface area contributed by atoms with Crippen LogP contribution in [0, 0.1) is 6.92 Å². The van der Waals surface area contributed by atoms with Crippen LogP contribution >= 0.6 is 0 Å². The second-order valence-corrected chi connectivity index (χ2v) is 4.22. The lowest BCUT2D eigenvalue weighted by molar-refractivity contribution is 0.116. The number of benzene rings is 1. The minimum Gasteiger partial charge on any atom is -0.496 e. The van der Waals surface area contributed by atoms with Crippen LogP contribution in [-0.4, -0.2) is 13.7 Å². The van der Waals surface area contributed by atoms with Crippen LogP contribution in [0.2, 0.25) is 0 Å². The van der Waals surface area contributed by atoms with E-state index in [4.69, 9.17) is 15.5 Å². The van der Waals surface area contributed by atoms with Crippen molar-refractivity contribution in [3.05, 3.63) is 29.3 Å². The zero-order chi connectivity index (χ0) is 10.9. The Bertz CT molecular complexity index is 359. The van der Waals surface area contributed by atoms with Crippen LogP contribution in [0.1, 0.15) is 24.0 Å². The van der Waals surface area contributed by atoms with Crippen LogP contribution in [0.4, 0.5) is 0 Å². The van der Waals surface area contributed by atoms with Crippen molar-refractivity contribution in [3.63, 3.8) is 0 Å². The zero-order valence-corrected chi connectivity index (χ0v) is 9.25. The Morgan fingerprint density at radius 3 is 2.67 bits per heavy atom. The highest BCUT2D eigenvalue weighted by Gasteiger charge is 2.45. The molecule has 1 aromatic carbocycles. The molecular weight excluding hydrogens is 190 g/mol. The summed E-state index contributed by atoms with van der Waals surface area (Å²) in [6, 6.07) is 6.15. The van der Waals surface area contributed by atoms with E-state index in [0.29, 0.717) is 6.61 Å².